The van der Waals surface area contributed by atoms with E-state index < -0.39 is 23.8 Å². The maximum absolute atomic E-state index is 11.7. The van der Waals surface area contributed by atoms with Gasteiger partial charge in [-0.1, -0.05) is 19.0 Å². The van der Waals surface area contributed by atoms with Gasteiger partial charge >= 0.3 is 6.09 Å². The van der Waals surface area contributed by atoms with Crippen LogP contribution in [-0.4, -0.2) is 33.0 Å². The molecule has 0 aliphatic carbocycles. The molecular weight excluding hydrogens is 262 g/mol. The molecule has 0 saturated heterocycles. The molecule has 1 aromatic rings. The lowest BCUT2D eigenvalue weighted by molar-refractivity contribution is 0.0406. The summed E-state index contributed by atoms with van der Waals surface area (Å²) in [7, 11) is 0. The lowest BCUT2D eigenvalue weighted by atomic mass is 10.1. The van der Waals surface area contributed by atoms with Crippen molar-refractivity contribution in [3.8, 4) is 0 Å². The Morgan fingerprint density at radius 2 is 2.10 bits per heavy atom. The van der Waals surface area contributed by atoms with Crippen molar-refractivity contribution < 1.29 is 19.2 Å². The van der Waals surface area contributed by atoms with Gasteiger partial charge < -0.3 is 19.7 Å². The number of amides is 1. The Labute approximate surface area is 118 Å². The van der Waals surface area contributed by atoms with Gasteiger partial charge in [0.25, 0.3) is 0 Å². The van der Waals surface area contributed by atoms with Crippen molar-refractivity contribution in [2.45, 2.75) is 65.2 Å². The monoisotopic (exact) mass is 285 g/mol. The van der Waals surface area contributed by atoms with E-state index in [0.29, 0.717) is 18.7 Å². The molecule has 0 fully saturated rings. The number of aryl methyl sites for hydroxylation is 1. The average Bonchev–Trinajstić information content (AvgIpc) is 2.81. The average molecular weight is 285 g/mol. The van der Waals surface area contributed by atoms with E-state index in [-0.39, 0.29) is 5.82 Å². The quantitative estimate of drug-likeness (QED) is 0.858. The molecule has 1 heterocycles. The molecule has 2 N–H and O–H groups in total. The number of aliphatic hydroxyl groups excluding tert-OH is 1. The molecule has 1 aromatic heterocycles. The summed E-state index contributed by atoms with van der Waals surface area (Å²) in [6, 6.07) is -0.535. The summed E-state index contributed by atoms with van der Waals surface area (Å²) < 4.78 is 10.1. The highest BCUT2D eigenvalue weighted by atomic mass is 16.6. The van der Waals surface area contributed by atoms with Crippen LogP contribution in [0.5, 0.6) is 0 Å². The van der Waals surface area contributed by atoms with E-state index >= 15 is 0 Å². The highest BCUT2D eigenvalue weighted by Gasteiger charge is 2.27. The van der Waals surface area contributed by atoms with Gasteiger partial charge in [0.1, 0.15) is 11.7 Å². The van der Waals surface area contributed by atoms with Gasteiger partial charge in [-0.2, -0.15) is 4.98 Å². The molecule has 114 valence electrons. The summed E-state index contributed by atoms with van der Waals surface area (Å²) in [5, 5.41) is 16.5. The summed E-state index contributed by atoms with van der Waals surface area (Å²) in [5.41, 5.74) is -0.588. The van der Waals surface area contributed by atoms with Crippen LogP contribution in [-0.2, 0) is 11.2 Å². The van der Waals surface area contributed by atoms with E-state index in [0.717, 1.165) is 0 Å². The molecule has 20 heavy (non-hydrogen) atoms. The molecule has 1 unspecified atom stereocenters. The zero-order chi connectivity index (χ0) is 15.3. The van der Waals surface area contributed by atoms with Crippen molar-refractivity contribution >= 4 is 6.09 Å². The molecule has 7 nitrogen and oxygen atoms in total. The molecule has 0 saturated carbocycles. The highest BCUT2D eigenvalue weighted by Crippen LogP contribution is 2.17. The molecule has 2 atom stereocenters. The molecule has 0 aromatic carbocycles. The van der Waals surface area contributed by atoms with Gasteiger partial charge in [-0.15, -0.1) is 0 Å². The lowest BCUT2D eigenvalue weighted by Crippen LogP contribution is -2.42. The maximum atomic E-state index is 11.7. The lowest BCUT2D eigenvalue weighted by Gasteiger charge is -2.24. The number of hydrogen-bond donors (Lipinski definition) is 2. The predicted octanol–water partition coefficient (Wildman–Crippen LogP) is 1.97. The summed E-state index contributed by atoms with van der Waals surface area (Å²) in [5.74, 6) is 0.621. The minimum atomic E-state index is -1.03. The third kappa shape index (κ3) is 4.80. The Bertz CT molecular complexity index is 439. The van der Waals surface area contributed by atoms with Crippen LogP contribution in [0, 0.1) is 0 Å². The molecule has 0 bridgehead atoms. The predicted molar refractivity (Wildman–Crippen MR) is 72.1 cm³/mol. The maximum Gasteiger partial charge on any atom is 0.407 e. The number of aliphatic hydroxyl groups is 1. The summed E-state index contributed by atoms with van der Waals surface area (Å²) in [4.78, 5) is 15.8. The normalized spacial score (nSPS) is 14.7. The Kier molecular flexibility index (Phi) is 5.50. The number of hydrogen-bond acceptors (Lipinski definition) is 6. The number of aromatic nitrogens is 2. The Morgan fingerprint density at radius 3 is 2.55 bits per heavy atom. The van der Waals surface area contributed by atoms with Gasteiger partial charge in [0, 0.05) is 6.42 Å². The van der Waals surface area contributed by atoms with Gasteiger partial charge in [-0.05, 0) is 27.2 Å². The first-order valence-corrected chi connectivity index (χ1v) is 6.76. The largest absolute Gasteiger partial charge is 0.444 e. The van der Waals surface area contributed by atoms with E-state index in [4.69, 9.17) is 9.26 Å². The third-order valence-corrected chi connectivity index (χ3v) is 2.57. The molecule has 0 spiro atoms. The number of carbonyl (C=O) groups is 1. The Balaban J connectivity index is 2.67. The molecule has 7 heteroatoms. The molecule has 0 aliphatic rings. The first kappa shape index (κ1) is 16.4. The number of carbonyl (C=O) groups excluding carboxylic acids is 1. The zero-order valence-electron chi connectivity index (χ0n) is 12.6. The molecule has 1 rings (SSSR count). The van der Waals surface area contributed by atoms with Crippen LogP contribution in [0.2, 0.25) is 0 Å². The van der Waals surface area contributed by atoms with E-state index in [1.54, 1.807) is 20.8 Å². The second-order valence-electron chi connectivity index (χ2n) is 5.51. The minimum absolute atomic E-state index is 0.171. The molecular formula is C13H23N3O4. The van der Waals surface area contributed by atoms with Crippen molar-refractivity contribution in [3.63, 3.8) is 0 Å². The van der Waals surface area contributed by atoms with Crippen LogP contribution < -0.4 is 5.32 Å². The van der Waals surface area contributed by atoms with E-state index in [1.807, 2.05) is 13.8 Å². The molecule has 1 amide bonds. The van der Waals surface area contributed by atoms with Crippen LogP contribution in [0.4, 0.5) is 4.79 Å². The van der Waals surface area contributed by atoms with Crippen LogP contribution in [0.1, 0.15) is 58.9 Å². The van der Waals surface area contributed by atoms with Crippen LogP contribution in [0.15, 0.2) is 4.52 Å². The third-order valence-electron chi connectivity index (χ3n) is 2.57. The second kappa shape index (κ2) is 6.69. The van der Waals surface area contributed by atoms with Crippen LogP contribution in [0.25, 0.3) is 0 Å². The zero-order valence-corrected chi connectivity index (χ0v) is 12.6. The van der Waals surface area contributed by atoms with Gasteiger partial charge in [0.05, 0.1) is 6.04 Å². The van der Waals surface area contributed by atoms with Gasteiger partial charge in [0.2, 0.25) is 11.7 Å². The number of alkyl carbamates (subject to hydrolysis) is 1. The fourth-order valence-electron chi connectivity index (χ4n) is 1.57. The highest BCUT2D eigenvalue weighted by molar-refractivity contribution is 5.68. The number of nitrogens with zero attached hydrogens (tertiary/aromatic N) is 2. The second-order valence-corrected chi connectivity index (χ2v) is 5.51. The first-order valence-electron chi connectivity index (χ1n) is 6.76. The Morgan fingerprint density at radius 1 is 1.45 bits per heavy atom. The van der Waals surface area contributed by atoms with E-state index in [2.05, 4.69) is 15.5 Å². The van der Waals surface area contributed by atoms with Crippen LogP contribution >= 0.6 is 0 Å². The standard InChI is InChI=1S/C13H23N3O4/c1-6-8(14-12(18)19-13(3,4)5)10(17)11-15-9(7-2)20-16-11/h8,10,17H,6-7H2,1-5H3,(H,14,18)/t8?,10-/m0/s1. The number of ether oxygens (including phenoxy) is 1. The van der Waals surface area contributed by atoms with Gasteiger partial charge in [0.15, 0.2) is 0 Å². The van der Waals surface area contributed by atoms with Crippen molar-refractivity contribution in [1.82, 2.24) is 15.5 Å². The van der Waals surface area contributed by atoms with E-state index in [9.17, 15) is 9.90 Å². The minimum Gasteiger partial charge on any atom is -0.444 e. The van der Waals surface area contributed by atoms with Crippen molar-refractivity contribution in [3.05, 3.63) is 11.7 Å². The summed E-state index contributed by atoms with van der Waals surface area (Å²) >= 11 is 0. The fourth-order valence-corrected chi connectivity index (χ4v) is 1.57. The van der Waals surface area contributed by atoms with Crippen molar-refractivity contribution in [2.24, 2.45) is 0 Å². The molecule has 0 radical (unpaired) electrons. The number of rotatable bonds is 5. The fraction of sp³-hybridized carbons (Fsp3) is 0.769. The van der Waals surface area contributed by atoms with Crippen molar-refractivity contribution in [1.29, 1.82) is 0 Å². The first-order chi connectivity index (χ1) is 9.26. The van der Waals surface area contributed by atoms with Crippen LogP contribution in [0.3, 0.4) is 0 Å². The van der Waals surface area contributed by atoms with Crippen molar-refractivity contribution in [2.75, 3.05) is 0 Å². The SMILES string of the molecule is CCc1nc([C@@H](O)C(CC)NC(=O)OC(C)(C)C)no1. The summed E-state index contributed by atoms with van der Waals surface area (Å²) in [6.07, 6.45) is -0.508. The summed E-state index contributed by atoms with van der Waals surface area (Å²) in [6.45, 7) is 9.04. The van der Waals surface area contributed by atoms with E-state index in [1.165, 1.54) is 0 Å². The van der Waals surface area contributed by atoms with Gasteiger partial charge in [-0.3, -0.25) is 0 Å². The van der Waals surface area contributed by atoms with Gasteiger partial charge in [-0.25, -0.2) is 4.79 Å². The smallest absolute Gasteiger partial charge is 0.407 e. The Hall–Kier alpha value is -1.63. The topological polar surface area (TPSA) is 97.5 Å². The molecule has 0 aliphatic heterocycles. The number of nitrogens with one attached hydrogen (secondary N) is 1.